The molecule has 1 aromatic heterocycles. The summed E-state index contributed by atoms with van der Waals surface area (Å²) in [6, 6.07) is 9.36. The fraction of sp³-hybridized carbons (Fsp3) is 0.200. The zero-order valence-corrected chi connectivity index (χ0v) is 11.2. The van der Waals surface area contributed by atoms with Crippen LogP contribution >= 0.6 is 0 Å². The first-order valence-corrected chi connectivity index (χ1v) is 5.93. The molecule has 0 amide bonds. The van der Waals surface area contributed by atoms with E-state index in [1.165, 1.54) is 0 Å². The van der Waals surface area contributed by atoms with Gasteiger partial charge in [0.05, 0.1) is 0 Å². The quantitative estimate of drug-likeness (QED) is 0.834. The van der Waals surface area contributed by atoms with Crippen LogP contribution in [0.15, 0.2) is 24.3 Å². The van der Waals surface area contributed by atoms with Crippen LogP contribution in [0, 0.1) is 32.1 Å². The van der Waals surface area contributed by atoms with E-state index >= 15 is 0 Å². The molecule has 4 nitrogen and oxygen atoms in total. The normalized spacial score (nSPS) is 10.0. The molecule has 19 heavy (non-hydrogen) atoms. The van der Waals surface area contributed by atoms with Gasteiger partial charge in [-0.1, -0.05) is 0 Å². The van der Waals surface area contributed by atoms with Crippen LogP contribution in [-0.4, -0.2) is 4.98 Å². The molecule has 1 heterocycles. The van der Waals surface area contributed by atoms with Crippen LogP contribution in [0.1, 0.15) is 22.4 Å². The lowest BCUT2D eigenvalue weighted by Gasteiger charge is -2.10. The second-order valence-electron chi connectivity index (χ2n) is 4.49. The summed E-state index contributed by atoms with van der Waals surface area (Å²) in [6.45, 7) is 5.64. The first-order chi connectivity index (χ1) is 9.01. The Bertz CT molecular complexity index is 672. The Morgan fingerprint density at radius 3 is 2.53 bits per heavy atom. The Balaban J connectivity index is 2.43. The minimum absolute atomic E-state index is 0.337. The van der Waals surface area contributed by atoms with Crippen molar-refractivity contribution in [2.24, 2.45) is 0 Å². The first-order valence-electron chi connectivity index (χ1n) is 5.93. The van der Waals surface area contributed by atoms with E-state index in [9.17, 15) is 5.26 Å². The third kappa shape index (κ3) is 2.66. The molecule has 0 unspecified atom stereocenters. The van der Waals surface area contributed by atoms with E-state index in [2.05, 4.69) is 11.1 Å². The summed E-state index contributed by atoms with van der Waals surface area (Å²) >= 11 is 0. The van der Waals surface area contributed by atoms with Crippen LogP contribution in [0.4, 0.5) is 5.69 Å². The number of pyridine rings is 1. The van der Waals surface area contributed by atoms with Gasteiger partial charge in [-0.3, -0.25) is 0 Å². The average molecular weight is 253 g/mol. The molecule has 2 aromatic rings. The van der Waals surface area contributed by atoms with Crippen molar-refractivity contribution in [3.63, 3.8) is 0 Å². The summed E-state index contributed by atoms with van der Waals surface area (Å²) in [5.74, 6) is 0.963. The molecular formula is C15H15N3O. The van der Waals surface area contributed by atoms with Gasteiger partial charge < -0.3 is 10.5 Å². The predicted molar refractivity (Wildman–Crippen MR) is 74.1 cm³/mol. The number of aryl methyl sites for hydroxylation is 3. The van der Waals surface area contributed by atoms with Gasteiger partial charge >= 0.3 is 0 Å². The highest BCUT2D eigenvalue weighted by Gasteiger charge is 2.11. The number of rotatable bonds is 2. The molecule has 0 fully saturated rings. The third-order valence-electron chi connectivity index (χ3n) is 2.88. The number of hydrogen-bond acceptors (Lipinski definition) is 4. The van der Waals surface area contributed by atoms with Gasteiger partial charge in [0.2, 0.25) is 5.88 Å². The highest BCUT2D eigenvalue weighted by molar-refractivity contribution is 5.51. The van der Waals surface area contributed by atoms with Crippen molar-refractivity contribution in [2.75, 3.05) is 5.73 Å². The highest BCUT2D eigenvalue weighted by Crippen LogP contribution is 2.27. The second-order valence-corrected chi connectivity index (χ2v) is 4.49. The van der Waals surface area contributed by atoms with Crippen molar-refractivity contribution in [2.45, 2.75) is 20.8 Å². The Kier molecular flexibility index (Phi) is 3.39. The number of ether oxygens (including phenoxy) is 1. The maximum absolute atomic E-state index is 9.18. The molecule has 0 bridgehead atoms. The Labute approximate surface area is 112 Å². The van der Waals surface area contributed by atoms with Crippen LogP contribution in [-0.2, 0) is 0 Å². The van der Waals surface area contributed by atoms with E-state index in [-0.39, 0.29) is 0 Å². The average Bonchev–Trinajstić information content (AvgIpc) is 2.33. The molecule has 0 saturated heterocycles. The Morgan fingerprint density at radius 2 is 1.89 bits per heavy atom. The van der Waals surface area contributed by atoms with Crippen molar-refractivity contribution in [1.82, 2.24) is 4.98 Å². The van der Waals surface area contributed by atoms with Gasteiger partial charge in [0.1, 0.15) is 17.4 Å². The molecule has 2 N–H and O–H groups in total. The van der Waals surface area contributed by atoms with Crippen LogP contribution in [0.25, 0.3) is 0 Å². The molecule has 0 radical (unpaired) electrons. The van der Waals surface area contributed by atoms with E-state index in [0.29, 0.717) is 22.9 Å². The molecular weight excluding hydrogens is 238 g/mol. The van der Waals surface area contributed by atoms with Crippen molar-refractivity contribution < 1.29 is 4.74 Å². The van der Waals surface area contributed by atoms with Gasteiger partial charge in [-0.2, -0.15) is 5.26 Å². The Hall–Kier alpha value is -2.54. The second kappa shape index (κ2) is 4.99. The van der Waals surface area contributed by atoms with E-state index in [1.54, 1.807) is 12.1 Å². The van der Waals surface area contributed by atoms with Gasteiger partial charge in [-0.15, -0.1) is 0 Å². The molecule has 1 aromatic carbocycles. The number of nitrogens with two attached hydrogens (primary N) is 1. The lowest BCUT2D eigenvalue weighted by atomic mass is 10.1. The van der Waals surface area contributed by atoms with Crippen LogP contribution in [0.5, 0.6) is 11.6 Å². The number of aromatic nitrogens is 1. The van der Waals surface area contributed by atoms with Crippen molar-refractivity contribution in [1.29, 1.82) is 5.26 Å². The van der Waals surface area contributed by atoms with Crippen LogP contribution in [0.2, 0.25) is 0 Å². The largest absolute Gasteiger partial charge is 0.438 e. The third-order valence-corrected chi connectivity index (χ3v) is 2.88. The standard InChI is InChI=1S/C15H15N3O/c1-9-6-11(3)18-15(13(9)8-16)19-12-4-5-14(17)10(2)7-12/h4-7H,17H2,1-3H3. The summed E-state index contributed by atoms with van der Waals surface area (Å²) < 4.78 is 5.71. The Morgan fingerprint density at radius 1 is 1.16 bits per heavy atom. The van der Waals surface area contributed by atoms with Crippen molar-refractivity contribution in [3.8, 4) is 17.7 Å². The fourth-order valence-electron chi connectivity index (χ4n) is 1.84. The van der Waals surface area contributed by atoms with E-state index in [0.717, 1.165) is 16.8 Å². The molecule has 0 saturated carbocycles. The maximum atomic E-state index is 9.18. The maximum Gasteiger partial charge on any atom is 0.237 e. The summed E-state index contributed by atoms with van der Waals surface area (Å²) in [5.41, 5.74) is 9.54. The highest BCUT2D eigenvalue weighted by atomic mass is 16.5. The first kappa shape index (κ1) is 12.9. The van der Waals surface area contributed by atoms with Gasteiger partial charge in [-0.25, -0.2) is 4.98 Å². The minimum Gasteiger partial charge on any atom is -0.438 e. The molecule has 0 spiro atoms. The molecule has 96 valence electrons. The summed E-state index contributed by atoms with van der Waals surface area (Å²) in [5, 5.41) is 9.18. The molecule has 0 aliphatic heterocycles. The van der Waals surface area contributed by atoms with E-state index in [4.69, 9.17) is 10.5 Å². The van der Waals surface area contributed by atoms with Gasteiger partial charge in [-0.05, 0) is 56.2 Å². The number of anilines is 1. The van der Waals surface area contributed by atoms with Gasteiger partial charge in [0, 0.05) is 11.4 Å². The molecule has 0 atom stereocenters. The number of nitrogen functional groups attached to an aromatic ring is 1. The van der Waals surface area contributed by atoms with Gasteiger partial charge in [0.25, 0.3) is 0 Å². The van der Waals surface area contributed by atoms with Gasteiger partial charge in [0.15, 0.2) is 0 Å². The van der Waals surface area contributed by atoms with Crippen LogP contribution in [0.3, 0.4) is 0 Å². The number of benzene rings is 1. The molecule has 0 aliphatic carbocycles. The van der Waals surface area contributed by atoms with Crippen molar-refractivity contribution >= 4 is 5.69 Å². The molecule has 0 aliphatic rings. The summed E-state index contributed by atoms with van der Waals surface area (Å²) in [4.78, 5) is 4.28. The van der Waals surface area contributed by atoms with E-state index in [1.807, 2.05) is 32.9 Å². The zero-order valence-electron chi connectivity index (χ0n) is 11.2. The smallest absolute Gasteiger partial charge is 0.237 e. The lowest BCUT2D eigenvalue weighted by molar-refractivity contribution is 0.459. The molecule has 2 rings (SSSR count). The van der Waals surface area contributed by atoms with E-state index < -0.39 is 0 Å². The summed E-state index contributed by atoms with van der Waals surface area (Å²) in [6.07, 6.45) is 0. The lowest BCUT2D eigenvalue weighted by Crippen LogP contribution is -1.97. The number of nitrogens with zero attached hydrogens (tertiary/aromatic N) is 2. The van der Waals surface area contributed by atoms with Crippen LogP contribution < -0.4 is 10.5 Å². The monoisotopic (exact) mass is 253 g/mol. The predicted octanol–water partition coefficient (Wildman–Crippen LogP) is 3.25. The SMILES string of the molecule is Cc1cc(C)c(C#N)c(Oc2ccc(N)c(C)c2)n1. The zero-order chi connectivity index (χ0) is 14.0. The summed E-state index contributed by atoms with van der Waals surface area (Å²) in [7, 11) is 0. The topological polar surface area (TPSA) is 71.9 Å². The fourth-order valence-corrected chi connectivity index (χ4v) is 1.84. The number of hydrogen-bond donors (Lipinski definition) is 1. The van der Waals surface area contributed by atoms with Crippen molar-refractivity contribution in [3.05, 3.63) is 46.6 Å². The minimum atomic E-state index is 0.337. The number of nitriles is 1. The molecule has 4 heteroatoms.